The molecule has 7 nitrogen and oxygen atoms in total. The van der Waals surface area contributed by atoms with Gasteiger partial charge in [-0.3, -0.25) is 9.59 Å². The number of amides is 2. The first kappa shape index (κ1) is 23.4. The van der Waals surface area contributed by atoms with Crippen LogP contribution in [0.5, 0.6) is 0 Å². The molecule has 0 aliphatic rings. The standard InChI is InChI=1S/C27H21N5O2S/c28-16-18-15-20(30)5-14-25(18)27(34)32-22-8-12-24(13-9-22)35-23-10-6-21(7-11-23)31-26(33)17-1-3-19(29)4-2-17/h1-15H,29-30H2,(H,31,33)(H,32,34). The summed E-state index contributed by atoms with van der Waals surface area (Å²) in [4.78, 5) is 26.9. The van der Waals surface area contributed by atoms with Crippen molar-refractivity contribution >= 4 is 46.3 Å². The summed E-state index contributed by atoms with van der Waals surface area (Å²) in [6.45, 7) is 0. The third-order valence-electron chi connectivity index (χ3n) is 5.04. The highest BCUT2D eigenvalue weighted by molar-refractivity contribution is 7.99. The highest BCUT2D eigenvalue weighted by atomic mass is 32.2. The number of anilines is 4. The molecule has 0 saturated carbocycles. The number of nitrogens with zero attached hydrogens (tertiary/aromatic N) is 1. The number of hydrogen-bond acceptors (Lipinski definition) is 6. The average Bonchev–Trinajstić information content (AvgIpc) is 2.86. The highest BCUT2D eigenvalue weighted by Crippen LogP contribution is 2.29. The van der Waals surface area contributed by atoms with Crippen LogP contribution >= 0.6 is 11.8 Å². The van der Waals surface area contributed by atoms with E-state index in [0.717, 1.165) is 9.79 Å². The topological polar surface area (TPSA) is 134 Å². The molecular formula is C27H21N5O2S. The number of nitriles is 1. The third-order valence-corrected chi connectivity index (χ3v) is 6.06. The van der Waals surface area contributed by atoms with Crippen molar-refractivity contribution < 1.29 is 9.59 Å². The van der Waals surface area contributed by atoms with Crippen molar-refractivity contribution in [2.24, 2.45) is 0 Å². The van der Waals surface area contributed by atoms with Crippen LogP contribution in [-0.4, -0.2) is 11.8 Å². The Bertz CT molecular complexity index is 1410. The molecule has 35 heavy (non-hydrogen) atoms. The Morgan fingerprint density at radius 1 is 0.686 bits per heavy atom. The van der Waals surface area contributed by atoms with Gasteiger partial charge in [-0.15, -0.1) is 0 Å². The SMILES string of the molecule is N#Cc1cc(N)ccc1C(=O)Nc1ccc(Sc2ccc(NC(=O)c3ccc(N)cc3)cc2)cc1. The van der Waals surface area contributed by atoms with Crippen molar-refractivity contribution in [3.8, 4) is 6.07 Å². The van der Waals surface area contributed by atoms with Crippen LogP contribution in [0.2, 0.25) is 0 Å². The Kier molecular flexibility index (Phi) is 7.00. The molecule has 0 fully saturated rings. The Morgan fingerprint density at radius 3 is 1.74 bits per heavy atom. The maximum atomic E-state index is 12.6. The van der Waals surface area contributed by atoms with Gasteiger partial charge in [-0.25, -0.2) is 0 Å². The van der Waals surface area contributed by atoms with E-state index in [1.165, 1.54) is 12.1 Å². The van der Waals surface area contributed by atoms with Gasteiger partial charge in [-0.05, 0) is 91.0 Å². The summed E-state index contributed by atoms with van der Waals surface area (Å²) in [5.41, 5.74) is 14.7. The van der Waals surface area contributed by atoms with Crippen LogP contribution in [0.15, 0.2) is 101 Å². The van der Waals surface area contributed by atoms with Gasteiger partial charge in [0.2, 0.25) is 0 Å². The minimum absolute atomic E-state index is 0.205. The van der Waals surface area contributed by atoms with Gasteiger partial charge in [0.25, 0.3) is 11.8 Å². The van der Waals surface area contributed by atoms with E-state index in [1.54, 1.807) is 54.2 Å². The molecule has 4 aromatic rings. The lowest BCUT2D eigenvalue weighted by Gasteiger charge is -2.09. The van der Waals surface area contributed by atoms with Gasteiger partial charge in [0.1, 0.15) is 6.07 Å². The molecule has 0 saturated heterocycles. The van der Waals surface area contributed by atoms with Crippen LogP contribution < -0.4 is 22.1 Å². The maximum absolute atomic E-state index is 12.6. The molecule has 8 heteroatoms. The van der Waals surface area contributed by atoms with Crippen molar-refractivity contribution in [1.82, 2.24) is 0 Å². The lowest BCUT2D eigenvalue weighted by atomic mass is 10.1. The lowest BCUT2D eigenvalue weighted by molar-refractivity contribution is 0.101. The van der Waals surface area contributed by atoms with Crippen molar-refractivity contribution in [2.45, 2.75) is 9.79 Å². The van der Waals surface area contributed by atoms with Crippen molar-refractivity contribution in [1.29, 1.82) is 5.26 Å². The minimum atomic E-state index is -0.376. The molecule has 0 atom stereocenters. The van der Waals surface area contributed by atoms with Crippen molar-refractivity contribution in [2.75, 3.05) is 22.1 Å². The zero-order valence-corrected chi connectivity index (χ0v) is 19.3. The molecule has 0 bridgehead atoms. The Balaban J connectivity index is 1.35. The zero-order valence-electron chi connectivity index (χ0n) is 18.5. The molecule has 0 aliphatic carbocycles. The Morgan fingerprint density at radius 2 is 1.20 bits per heavy atom. The summed E-state index contributed by atoms with van der Waals surface area (Å²) in [5.74, 6) is -0.581. The normalized spacial score (nSPS) is 10.3. The van der Waals surface area contributed by atoms with Crippen molar-refractivity contribution in [3.63, 3.8) is 0 Å². The molecule has 0 spiro atoms. The van der Waals surface area contributed by atoms with Crippen LogP contribution in [0.4, 0.5) is 22.7 Å². The molecule has 6 N–H and O–H groups in total. The van der Waals surface area contributed by atoms with Gasteiger partial charge in [0, 0.05) is 38.1 Å². The number of rotatable bonds is 6. The van der Waals surface area contributed by atoms with Crippen molar-refractivity contribution in [3.05, 3.63) is 108 Å². The number of nitrogens with one attached hydrogen (secondary N) is 2. The monoisotopic (exact) mass is 479 g/mol. The molecule has 0 unspecified atom stereocenters. The summed E-state index contributed by atoms with van der Waals surface area (Å²) in [7, 11) is 0. The molecule has 4 rings (SSSR count). The summed E-state index contributed by atoms with van der Waals surface area (Å²) in [6.07, 6.45) is 0. The fourth-order valence-electron chi connectivity index (χ4n) is 3.24. The molecule has 0 heterocycles. The van der Waals surface area contributed by atoms with E-state index in [2.05, 4.69) is 10.6 Å². The summed E-state index contributed by atoms with van der Waals surface area (Å²) in [6, 6.07) is 28.2. The van der Waals surface area contributed by atoms with E-state index < -0.39 is 0 Å². The molecular weight excluding hydrogens is 458 g/mol. The minimum Gasteiger partial charge on any atom is -0.399 e. The summed E-state index contributed by atoms with van der Waals surface area (Å²) < 4.78 is 0. The second kappa shape index (κ2) is 10.5. The predicted octanol–water partition coefficient (Wildman–Crippen LogP) is 5.38. The molecule has 0 aliphatic heterocycles. The lowest BCUT2D eigenvalue weighted by Crippen LogP contribution is -2.13. The molecule has 2 amide bonds. The van der Waals surface area contributed by atoms with E-state index >= 15 is 0 Å². The van der Waals surface area contributed by atoms with Gasteiger partial charge in [-0.2, -0.15) is 5.26 Å². The second-order valence-corrected chi connectivity index (χ2v) is 8.74. The molecule has 172 valence electrons. The van der Waals surface area contributed by atoms with E-state index in [-0.39, 0.29) is 22.9 Å². The quantitative estimate of drug-likeness (QED) is 0.274. The van der Waals surface area contributed by atoms with Gasteiger partial charge >= 0.3 is 0 Å². The van der Waals surface area contributed by atoms with Crippen LogP contribution in [-0.2, 0) is 0 Å². The van der Waals surface area contributed by atoms with Gasteiger partial charge in [0.05, 0.1) is 11.1 Å². The third kappa shape index (κ3) is 5.99. The smallest absolute Gasteiger partial charge is 0.257 e. The summed E-state index contributed by atoms with van der Waals surface area (Å²) >= 11 is 1.55. The number of carbonyl (C=O) groups excluding carboxylic acids is 2. The first-order chi connectivity index (χ1) is 16.9. The number of nitrogens with two attached hydrogens (primary N) is 2. The number of benzene rings is 4. The predicted molar refractivity (Wildman–Crippen MR) is 139 cm³/mol. The summed E-state index contributed by atoms with van der Waals surface area (Å²) in [5, 5.41) is 14.9. The van der Waals surface area contributed by atoms with Gasteiger partial charge in [-0.1, -0.05) is 11.8 Å². The Labute approximate surface area is 206 Å². The average molecular weight is 480 g/mol. The zero-order chi connectivity index (χ0) is 24.8. The number of carbonyl (C=O) groups is 2. The largest absolute Gasteiger partial charge is 0.399 e. The highest BCUT2D eigenvalue weighted by Gasteiger charge is 2.12. The fraction of sp³-hybridized carbons (Fsp3) is 0. The van der Waals surface area contributed by atoms with Crippen LogP contribution in [0.1, 0.15) is 26.3 Å². The van der Waals surface area contributed by atoms with Gasteiger partial charge in [0.15, 0.2) is 0 Å². The second-order valence-electron chi connectivity index (χ2n) is 7.60. The molecule has 4 aromatic carbocycles. The van der Waals surface area contributed by atoms with E-state index in [9.17, 15) is 14.9 Å². The van der Waals surface area contributed by atoms with E-state index in [1.807, 2.05) is 42.5 Å². The van der Waals surface area contributed by atoms with Crippen LogP contribution in [0.25, 0.3) is 0 Å². The molecule has 0 radical (unpaired) electrons. The Hall–Kier alpha value is -4.74. The van der Waals surface area contributed by atoms with Gasteiger partial charge < -0.3 is 22.1 Å². The first-order valence-electron chi connectivity index (χ1n) is 10.6. The van der Waals surface area contributed by atoms with E-state index in [0.29, 0.717) is 28.3 Å². The first-order valence-corrected chi connectivity index (χ1v) is 11.4. The molecule has 0 aromatic heterocycles. The number of nitrogen functional groups attached to an aromatic ring is 2. The van der Waals surface area contributed by atoms with Crippen LogP contribution in [0.3, 0.4) is 0 Å². The fourth-order valence-corrected chi connectivity index (χ4v) is 4.05. The van der Waals surface area contributed by atoms with E-state index in [4.69, 9.17) is 11.5 Å². The van der Waals surface area contributed by atoms with Crippen LogP contribution in [0, 0.1) is 11.3 Å². The maximum Gasteiger partial charge on any atom is 0.257 e. The number of hydrogen-bond donors (Lipinski definition) is 4.